The van der Waals surface area contributed by atoms with Crippen molar-refractivity contribution in [2.75, 3.05) is 13.2 Å². The molecule has 0 radical (unpaired) electrons. The van der Waals surface area contributed by atoms with Gasteiger partial charge in [-0.25, -0.2) is 0 Å². The predicted octanol–water partition coefficient (Wildman–Crippen LogP) is 4.63. The molecule has 0 fully saturated rings. The molecule has 2 heteroatoms. The van der Waals surface area contributed by atoms with E-state index in [-0.39, 0.29) is 0 Å². The van der Waals surface area contributed by atoms with Crippen LogP contribution in [0.2, 0.25) is 0 Å². The van der Waals surface area contributed by atoms with Crippen molar-refractivity contribution in [3.05, 3.63) is 36.4 Å². The fraction of sp³-hybridized carbons (Fsp3) is 0.529. The van der Waals surface area contributed by atoms with Crippen LogP contribution in [0.25, 0.3) is 0 Å². The molecule has 0 amide bonds. The van der Waals surface area contributed by atoms with Gasteiger partial charge in [0.15, 0.2) is 0 Å². The van der Waals surface area contributed by atoms with Gasteiger partial charge in [0.25, 0.3) is 0 Å². The molecule has 0 bridgehead atoms. The van der Waals surface area contributed by atoms with Crippen molar-refractivity contribution in [3.63, 3.8) is 0 Å². The molecule has 1 rings (SSSR count). The van der Waals surface area contributed by atoms with Crippen LogP contribution >= 0.6 is 0 Å². The van der Waals surface area contributed by atoms with Gasteiger partial charge in [0.2, 0.25) is 0 Å². The van der Waals surface area contributed by atoms with E-state index in [1.807, 2.05) is 24.3 Å². The van der Waals surface area contributed by atoms with Crippen molar-refractivity contribution in [3.8, 4) is 11.5 Å². The number of rotatable bonds is 9. The Morgan fingerprint density at radius 1 is 1.16 bits per heavy atom. The first-order valence-corrected chi connectivity index (χ1v) is 7.17. The minimum atomic E-state index is 0.655. The van der Waals surface area contributed by atoms with Crippen LogP contribution in [-0.2, 0) is 6.42 Å². The van der Waals surface area contributed by atoms with Crippen LogP contribution in [0.15, 0.2) is 30.9 Å². The Hall–Kier alpha value is -1.44. The maximum atomic E-state index is 5.89. The molecular weight excluding hydrogens is 236 g/mol. The summed E-state index contributed by atoms with van der Waals surface area (Å²) in [7, 11) is 0. The summed E-state index contributed by atoms with van der Waals surface area (Å²) < 4.78 is 11.7. The van der Waals surface area contributed by atoms with E-state index in [0.29, 0.717) is 5.92 Å². The second kappa shape index (κ2) is 8.63. The van der Waals surface area contributed by atoms with E-state index in [4.69, 9.17) is 9.47 Å². The van der Waals surface area contributed by atoms with Gasteiger partial charge in [0.05, 0.1) is 13.2 Å². The first-order chi connectivity index (χ1) is 9.19. The summed E-state index contributed by atoms with van der Waals surface area (Å²) in [6.07, 6.45) is 4.74. The molecule has 1 aromatic rings. The van der Waals surface area contributed by atoms with Crippen LogP contribution < -0.4 is 9.47 Å². The van der Waals surface area contributed by atoms with Crippen LogP contribution in [0.4, 0.5) is 0 Å². The van der Waals surface area contributed by atoms with Crippen molar-refractivity contribution >= 4 is 0 Å². The fourth-order valence-electron chi connectivity index (χ4n) is 1.78. The highest BCUT2D eigenvalue weighted by Crippen LogP contribution is 2.29. The Kier molecular flexibility index (Phi) is 7.09. The third kappa shape index (κ3) is 5.37. The van der Waals surface area contributed by atoms with E-state index in [0.717, 1.165) is 49.5 Å². The van der Waals surface area contributed by atoms with Crippen molar-refractivity contribution in [1.29, 1.82) is 0 Å². The summed E-state index contributed by atoms with van der Waals surface area (Å²) >= 11 is 0. The third-order valence-corrected chi connectivity index (χ3v) is 2.85. The van der Waals surface area contributed by atoms with Crippen molar-refractivity contribution in [2.24, 2.45) is 5.92 Å². The van der Waals surface area contributed by atoms with Gasteiger partial charge in [-0.05, 0) is 37.3 Å². The molecule has 1 aromatic carbocycles. The Morgan fingerprint density at radius 2 is 1.79 bits per heavy atom. The fourth-order valence-corrected chi connectivity index (χ4v) is 1.78. The van der Waals surface area contributed by atoms with Crippen molar-refractivity contribution in [2.45, 2.75) is 40.0 Å². The Labute approximate surface area is 117 Å². The molecule has 0 saturated heterocycles. The average molecular weight is 262 g/mol. The SMILES string of the molecule is C=CCc1c(OCCC)cccc1OCCC(C)C. The van der Waals surface area contributed by atoms with Crippen molar-refractivity contribution in [1.82, 2.24) is 0 Å². The van der Waals surface area contributed by atoms with Gasteiger partial charge in [-0.1, -0.05) is 32.9 Å². The molecule has 0 aliphatic carbocycles. The zero-order valence-corrected chi connectivity index (χ0v) is 12.4. The van der Waals surface area contributed by atoms with Gasteiger partial charge in [0, 0.05) is 5.56 Å². The van der Waals surface area contributed by atoms with Crippen LogP contribution in [0.1, 0.15) is 39.2 Å². The Bertz CT molecular complexity index is 383. The summed E-state index contributed by atoms with van der Waals surface area (Å²) in [6.45, 7) is 11.8. The normalized spacial score (nSPS) is 10.5. The molecule has 0 spiro atoms. The maximum absolute atomic E-state index is 5.89. The number of hydrogen-bond donors (Lipinski definition) is 0. The first kappa shape index (κ1) is 15.6. The minimum absolute atomic E-state index is 0.655. The molecular formula is C17H26O2. The van der Waals surface area contributed by atoms with E-state index in [9.17, 15) is 0 Å². The van der Waals surface area contributed by atoms with E-state index >= 15 is 0 Å². The monoisotopic (exact) mass is 262 g/mol. The van der Waals surface area contributed by atoms with E-state index in [1.54, 1.807) is 0 Å². The lowest BCUT2D eigenvalue weighted by Crippen LogP contribution is -2.05. The number of ether oxygens (including phenoxy) is 2. The molecule has 2 nitrogen and oxygen atoms in total. The molecule has 0 aromatic heterocycles. The number of benzene rings is 1. The Balaban J connectivity index is 2.79. The smallest absolute Gasteiger partial charge is 0.126 e. The van der Waals surface area contributed by atoms with E-state index < -0.39 is 0 Å². The lowest BCUT2D eigenvalue weighted by Gasteiger charge is -2.15. The predicted molar refractivity (Wildman–Crippen MR) is 81.1 cm³/mol. The first-order valence-electron chi connectivity index (χ1n) is 7.17. The average Bonchev–Trinajstić information content (AvgIpc) is 2.38. The summed E-state index contributed by atoms with van der Waals surface area (Å²) in [6, 6.07) is 6.00. The van der Waals surface area contributed by atoms with Crippen LogP contribution in [0, 0.1) is 5.92 Å². The molecule has 0 saturated carbocycles. The molecule has 0 aliphatic rings. The topological polar surface area (TPSA) is 18.5 Å². The molecule has 0 atom stereocenters. The summed E-state index contributed by atoms with van der Waals surface area (Å²) in [5.41, 5.74) is 1.11. The summed E-state index contributed by atoms with van der Waals surface area (Å²) in [5.74, 6) is 2.50. The number of allylic oxidation sites excluding steroid dienone is 1. The van der Waals surface area contributed by atoms with Crippen molar-refractivity contribution < 1.29 is 9.47 Å². The highest BCUT2D eigenvalue weighted by atomic mass is 16.5. The van der Waals surface area contributed by atoms with Gasteiger partial charge >= 0.3 is 0 Å². The van der Waals surface area contributed by atoms with Crippen LogP contribution in [0.5, 0.6) is 11.5 Å². The highest BCUT2D eigenvalue weighted by Gasteiger charge is 2.09. The largest absolute Gasteiger partial charge is 0.493 e. The second-order valence-electron chi connectivity index (χ2n) is 5.11. The molecule has 106 valence electrons. The van der Waals surface area contributed by atoms with Gasteiger partial charge in [-0.2, -0.15) is 0 Å². The molecule has 0 aliphatic heterocycles. The van der Waals surface area contributed by atoms with E-state index in [2.05, 4.69) is 27.4 Å². The molecule has 0 heterocycles. The molecule has 0 unspecified atom stereocenters. The molecule has 0 N–H and O–H groups in total. The van der Waals surface area contributed by atoms with Gasteiger partial charge in [0.1, 0.15) is 11.5 Å². The zero-order valence-electron chi connectivity index (χ0n) is 12.4. The standard InChI is InChI=1S/C17H26O2/c1-5-8-15-16(18-12-6-2)9-7-10-17(15)19-13-11-14(3)4/h5,7,9-10,14H,1,6,8,11-13H2,2-4H3. The van der Waals surface area contributed by atoms with Crippen LogP contribution in [-0.4, -0.2) is 13.2 Å². The lowest BCUT2D eigenvalue weighted by atomic mass is 10.1. The highest BCUT2D eigenvalue weighted by molar-refractivity contribution is 5.45. The van der Waals surface area contributed by atoms with Gasteiger partial charge < -0.3 is 9.47 Å². The maximum Gasteiger partial charge on any atom is 0.126 e. The molecule has 19 heavy (non-hydrogen) atoms. The lowest BCUT2D eigenvalue weighted by molar-refractivity contribution is 0.279. The summed E-state index contributed by atoms with van der Waals surface area (Å²) in [5, 5.41) is 0. The van der Waals surface area contributed by atoms with Gasteiger partial charge in [-0.15, -0.1) is 6.58 Å². The number of hydrogen-bond acceptors (Lipinski definition) is 2. The zero-order chi connectivity index (χ0) is 14.1. The second-order valence-corrected chi connectivity index (χ2v) is 5.11. The van der Waals surface area contributed by atoms with E-state index in [1.165, 1.54) is 0 Å². The van der Waals surface area contributed by atoms with Crippen LogP contribution in [0.3, 0.4) is 0 Å². The Morgan fingerprint density at radius 3 is 2.32 bits per heavy atom. The quantitative estimate of drug-likeness (QED) is 0.604. The summed E-state index contributed by atoms with van der Waals surface area (Å²) in [4.78, 5) is 0. The minimum Gasteiger partial charge on any atom is -0.493 e. The van der Waals surface area contributed by atoms with Gasteiger partial charge in [-0.3, -0.25) is 0 Å². The third-order valence-electron chi connectivity index (χ3n) is 2.85.